The van der Waals surface area contributed by atoms with Gasteiger partial charge in [0.1, 0.15) is 5.60 Å². The molecule has 0 saturated heterocycles. The molecular formula is C25H40O4. The summed E-state index contributed by atoms with van der Waals surface area (Å²) in [5.74, 6) is 3.28. The quantitative estimate of drug-likeness (QED) is 0.546. The predicted molar refractivity (Wildman–Crippen MR) is 112 cm³/mol. The van der Waals surface area contributed by atoms with Gasteiger partial charge in [-0.2, -0.15) is 0 Å². The molecule has 2 unspecified atom stereocenters. The maximum absolute atomic E-state index is 13.0. The lowest BCUT2D eigenvalue weighted by Gasteiger charge is -2.63. The second-order valence-corrected chi connectivity index (χ2v) is 11.4. The van der Waals surface area contributed by atoms with Crippen molar-refractivity contribution in [3.05, 3.63) is 0 Å². The van der Waals surface area contributed by atoms with Gasteiger partial charge in [-0.15, -0.1) is 0 Å². The van der Waals surface area contributed by atoms with E-state index >= 15 is 0 Å². The molecule has 0 N–H and O–H groups in total. The van der Waals surface area contributed by atoms with Crippen LogP contribution in [0, 0.1) is 40.9 Å². The van der Waals surface area contributed by atoms with E-state index in [1.165, 1.54) is 57.8 Å². The fraction of sp³-hybridized carbons (Fsp3) is 0.920. The van der Waals surface area contributed by atoms with Crippen LogP contribution in [-0.2, 0) is 19.1 Å². The first-order valence-electron chi connectivity index (χ1n) is 12.1. The lowest BCUT2D eigenvalue weighted by Crippen LogP contribution is -2.64. The van der Waals surface area contributed by atoms with Crippen molar-refractivity contribution in [3.63, 3.8) is 0 Å². The van der Waals surface area contributed by atoms with Crippen molar-refractivity contribution < 1.29 is 19.1 Å². The predicted octanol–water partition coefficient (Wildman–Crippen LogP) is 5.53. The third-order valence-corrected chi connectivity index (χ3v) is 9.04. The highest BCUT2D eigenvalue weighted by Gasteiger charge is 2.62. The molecule has 0 radical (unpaired) electrons. The van der Waals surface area contributed by atoms with Crippen LogP contribution in [0.1, 0.15) is 91.9 Å². The summed E-state index contributed by atoms with van der Waals surface area (Å²) in [6, 6.07) is 0. The Morgan fingerprint density at radius 1 is 0.931 bits per heavy atom. The summed E-state index contributed by atoms with van der Waals surface area (Å²) in [6.45, 7) is 7.81. The Hall–Kier alpha value is -1.06. The van der Waals surface area contributed by atoms with Gasteiger partial charge in [0.2, 0.25) is 0 Å². The van der Waals surface area contributed by atoms with E-state index in [1.54, 1.807) is 0 Å². The van der Waals surface area contributed by atoms with Gasteiger partial charge in [-0.05, 0) is 101 Å². The highest BCUT2D eigenvalue weighted by Crippen LogP contribution is 2.63. The fourth-order valence-electron chi connectivity index (χ4n) is 7.37. The molecule has 5 rings (SSSR count). The van der Waals surface area contributed by atoms with Crippen LogP contribution in [0.2, 0.25) is 0 Å². The number of esters is 2. The van der Waals surface area contributed by atoms with E-state index in [9.17, 15) is 9.59 Å². The van der Waals surface area contributed by atoms with E-state index in [-0.39, 0.29) is 24.1 Å². The maximum atomic E-state index is 13.0. The minimum absolute atomic E-state index is 0.238. The van der Waals surface area contributed by atoms with E-state index < -0.39 is 5.41 Å². The van der Waals surface area contributed by atoms with Crippen molar-refractivity contribution in [2.45, 2.75) is 97.5 Å². The van der Waals surface area contributed by atoms with E-state index in [0.29, 0.717) is 30.1 Å². The van der Waals surface area contributed by atoms with Crippen molar-refractivity contribution in [1.82, 2.24) is 0 Å². The smallest absolute Gasteiger partial charge is 0.344 e. The van der Waals surface area contributed by atoms with Crippen molar-refractivity contribution in [2.24, 2.45) is 40.9 Å². The van der Waals surface area contributed by atoms with Crippen LogP contribution in [-0.4, -0.2) is 24.1 Å². The Morgan fingerprint density at radius 2 is 1.55 bits per heavy atom. The zero-order valence-electron chi connectivity index (χ0n) is 18.9. The zero-order chi connectivity index (χ0) is 20.8. The molecule has 29 heavy (non-hydrogen) atoms. The summed E-state index contributed by atoms with van der Waals surface area (Å²) in [5.41, 5.74) is -0.856. The molecule has 0 aromatic carbocycles. The molecule has 4 nitrogen and oxygen atoms in total. The van der Waals surface area contributed by atoms with Crippen LogP contribution in [0.25, 0.3) is 0 Å². The molecule has 5 aliphatic rings. The first-order valence-corrected chi connectivity index (χ1v) is 12.1. The molecule has 4 bridgehead atoms. The minimum atomic E-state index is -0.556. The molecule has 4 heteroatoms. The Balaban J connectivity index is 1.51. The molecule has 0 heterocycles. The lowest BCUT2D eigenvalue weighted by atomic mass is 9.46. The Labute approximate surface area is 176 Å². The standard InChI is InChI=1S/C25H40O4/c1-5-24(3,4)23(27)28-15-22(26)29-25(19-8-6-7-16(2)9-19)20-11-17-10-18(13-20)14-21(25)12-17/h16-21H,5-15H2,1-4H3. The molecule has 164 valence electrons. The average molecular weight is 405 g/mol. The van der Waals surface area contributed by atoms with Gasteiger partial charge < -0.3 is 9.47 Å². The minimum Gasteiger partial charge on any atom is -0.456 e. The molecular weight excluding hydrogens is 364 g/mol. The van der Waals surface area contributed by atoms with E-state index in [4.69, 9.17) is 9.47 Å². The van der Waals surface area contributed by atoms with Crippen LogP contribution in [0.4, 0.5) is 0 Å². The van der Waals surface area contributed by atoms with Crippen LogP contribution in [0.5, 0.6) is 0 Å². The number of rotatable bonds is 6. The van der Waals surface area contributed by atoms with Crippen molar-refractivity contribution >= 4 is 11.9 Å². The van der Waals surface area contributed by atoms with Gasteiger partial charge in [-0.25, -0.2) is 4.79 Å². The van der Waals surface area contributed by atoms with Gasteiger partial charge in [-0.1, -0.05) is 26.7 Å². The molecule has 0 aromatic heterocycles. The third-order valence-electron chi connectivity index (χ3n) is 9.04. The van der Waals surface area contributed by atoms with Crippen LogP contribution < -0.4 is 0 Å². The topological polar surface area (TPSA) is 52.6 Å². The van der Waals surface area contributed by atoms with Gasteiger partial charge in [0.05, 0.1) is 5.41 Å². The number of hydrogen-bond acceptors (Lipinski definition) is 4. The summed E-state index contributed by atoms with van der Waals surface area (Å²) in [6.07, 6.45) is 11.9. The fourth-order valence-corrected chi connectivity index (χ4v) is 7.37. The number of ether oxygens (including phenoxy) is 2. The number of carbonyl (C=O) groups is 2. The SMILES string of the molecule is CCC(C)(C)C(=O)OCC(=O)OC1(C2CCCC(C)C2)C2CC3CC(C2)CC1C3. The van der Waals surface area contributed by atoms with Gasteiger partial charge in [0.25, 0.3) is 0 Å². The van der Waals surface area contributed by atoms with Gasteiger partial charge in [0, 0.05) is 0 Å². The summed E-state index contributed by atoms with van der Waals surface area (Å²) >= 11 is 0. The second-order valence-electron chi connectivity index (χ2n) is 11.4. The largest absolute Gasteiger partial charge is 0.456 e. The Morgan fingerprint density at radius 3 is 2.10 bits per heavy atom. The molecule has 0 amide bonds. The van der Waals surface area contributed by atoms with Gasteiger partial charge in [0.15, 0.2) is 6.61 Å². The Bertz CT molecular complexity index is 609. The third kappa shape index (κ3) is 3.85. The lowest BCUT2D eigenvalue weighted by molar-refractivity contribution is -0.236. The zero-order valence-corrected chi connectivity index (χ0v) is 18.9. The van der Waals surface area contributed by atoms with Crippen LogP contribution >= 0.6 is 0 Å². The second kappa shape index (κ2) is 7.89. The summed E-state index contributed by atoms with van der Waals surface area (Å²) in [4.78, 5) is 25.3. The van der Waals surface area contributed by atoms with E-state index in [2.05, 4.69) is 6.92 Å². The molecule has 0 spiro atoms. The normalized spacial score (nSPS) is 41.2. The first-order chi connectivity index (χ1) is 13.7. The van der Waals surface area contributed by atoms with Gasteiger partial charge in [-0.3, -0.25) is 4.79 Å². The molecule has 5 aliphatic carbocycles. The van der Waals surface area contributed by atoms with Crippen LogP contribution in [0.15, 0.2) is 0 Å². The van der Waals surface area contributed by atoms with Crippen LogP contribution in [0.3, 0.4) is 0 Å². The molecule has 5 saturated carbocycles. The molecule has 0 aliphatic heterocycles. The molecule has 2 atom stereocenters. The van der Waals surface area contributed by atoms with Gasteiger partial charge >= 0.3 is 11.9 Å². The summed E-state index contributed by atoms with van der Waals surface area (Å²) < 4.78 is 11.9. The highest BCUT2D eigenvalue weighted by atomic mass is 16.6. The highest BCUT2D eigenvalue weighted by molar-refractivity contribution is 5.80. The van der Waals surface area contributed by atoms with Crippen molar-refractivity contribution in [3.8, 4) is 0 Å². The summed E-state index contributed by atoms with van der Waals surface area (Å²) in [5, 5.41) is 0. The molecule has 0 aromatic rings. The van der Waals surface area contributed by atoms with Crippen molar-refractivity contribution in [1.29, 1.82) is 0 Å². The van der Waals surface area contributed by atoms with E-state index in [1.807, 2.05) is 20.8 Å². The van der Waals surface area contributed by atoms with Crippen molar-refractivity contribution in [2.75, 3.05) is 6.61 Å². The first kappa shape index (κ1) is 21.2. The monoisotopic (exact) mass is 404 g/mol. The summed E-state index contributed by atoms with van der Waals surface area (Å²) in [7, 11) is 0. The molecule has 5 fully saturated rings. The number of hydrogen-bond donors (Lipinski definition) is 0. The average Bonchev–Trinajstić information content (AvgIpc) is 2.68. The Kier molecular flexibility index (Phi) is 5.76. The maximum Gasteiger partial charge on any atom is 0.344 e. The van der Waals surface area contributed by atoms with E-state index in [0.717, 1.165) is 11.8 Å². The number of carbonyl (C=O) groups excluding carboxylic acids is 2.